The minimum atomic E-state index is 0.0378. The number of hydrogen-bond donors (Lipinski definition) is 0. The van der Waals surface area contributed by atoms with Gasteiger partial charge in [-0.25, -0.2) is 0 Å². The molecule has 1 amide bonds. The molecule has 5 nitrogen and oxygen atoms in total. The highest BCUT2D eigenvalue weighted by Crippen LogP contribution is 2.34. The zero-order valence-corrected chi connectivity index (χ0v) is 18.6. The third-order valence-corrected chi connectivity index (χ3v) is 5.93. The molecule has 0 aromatic heterocycles. The van der Waals surface area contributed by atoms with E-state index >= 15 is 0 Å². The van der Waals surface area contributed by atoms with Gasteiger partial charge in [-0.1, -0.05) is 11.6 Å². The van der Waals surface area contributed by atoms with Crippen LogP contribution in [-0.4, -0.2) is 49.1 Å². The number of amides is 1. The fraction of sp³-hybridized carbons (Fsp3) is 0.417. The van der Waals surface area contributed by atoms with Crippen LogP contribution in [0.15, 0.2) is 36.4 Å². The van der Waals surface area contributed by atoms with Gasteiger partial charge in [0.2, 0.25) is 5.91 Å². The summed E-state index contributed by atoms with van der Waals surface area (Å²) in [6.07, 6.45) is 4.24. The van der Waals surface area contributed by atoms with Crippen LogP contribution < -0.4 is 9.47 Å². The molecule has 30 heavy (non-hydrogen) atoms. The van der Waals surface area contributed by atoms with E-state index in [-0.39, 0.29) is 12.0 Å². The van der Waals surface area contributed by atoms with Crippen molar-refractivity contribution < 1.29 is 14.3 Å². The van der Waals surface area contributed by atoms with Crippen molar-refractivity contribution in [1.82, 2.24) is 4.90 Å². The second-order valence-corrected chi connectivity index (χ2v) is 8.49. The van der Waals surface area contributed by atoms with E-state index < -0.39 is 0 Å². The Balaban J connectivity index is 1.74. The normalized spacial score (nSPS) is 14.3. The molecule has 2 aromatic carbocycles. The van der Waals surface area contributed by atoms with Crippen LogP contribution in [0.2, 0.25) is 0 Å². The predicted octanol–water partition coefficient (Wildman–Crippen LogP) is 4.67. The Morgan fingerprint density at radius 3 is 2.67 bits per heavy atom. The number of carbonyl (C=O) groups is 1. The van der Waals surface area contributed by atoms with E-state index in [9.17, 15) is 10.1 Å². The van der Waals surface area contributed by atoms with Gasteiger partial charge in [-0.3, -0.25) is 4.79 Å². The summed E-state index contributed by atoms with van der Waals surface area (Å²) < 4.78 is 11.8. The summed E-state index contributed by atoms with van der Waals surface area (Å²) in [6.45, 7) is 3.46. The zero-order valence-electron chi connectivity index (χ0n) is 17.8. The van der Waals surface area contributed by atoms with Crippen molar-refractivity contribution in [1.29, 1.82) is 5.26 Å². The van der Waals surface area contributed by atoms with Crippen molar-refractivity contribution in [3.63, 3.8) is 0 Å². The Morgan fingerprint density at radius 1 is 1.23 bits per heavy atom. The first kappa shape index (κ1) is 22.0. The maximum absolute atomic E-state index is 12.2. The summed E-state index contributed by atoms with van der Waals surface area (Å²) in [5.74, 6) is 2.53. The van der Waals surface area contributed by atoms with E-state index in [1.807, 2.05) is 42.3 Å². The first-order valence-corrected chi connectivity index (χ1v) is 11.6. The van der Waals surface area contributed by atoms with Gasteiger partial charge in [-0.15, -0.1) is 0 Å². The van der Waals surface area contributed by atoms with Gasteiger partial charge in [-0.05, 0) is 49.1 Å². The summed E-state index contributed by atoms with van der Waals surface area (Å²) in [5, 5.41) is 9.50. The van der Waals surface area contributed by atoms with E-state index in [1.54, 1.807) is 24.9 Å². The van der Waals surface area contributed by atoms with Gasteiger partial charge in [0.25, 0.3) is 0 Å². The summed E-state index contributed by atoms with van der Waals surface area (Å²) in [7, 11) is 1.65. The number of hydrogen-bond acceptors (Lipinski definition) is 5. The molecule has 0 N–H and O–H groups in total. The van der Waals surface area contributed by atoms with Crippen molar-refractivity contribution in [3.8, 4) is 28.7 Å². The summed E-state index contributed by atoms with van der Waals surface area (Å²) in [4.78, 5) is 14.2. The molecule has 6 heteroatoms. The van der Waals surface area contributed by atoms with E-state index in [4.69, 9.17) is 9.47 Å². The van der Waals surface area contributed by atoms with E-state index in [1.165, 1.54) is 0 Å². The second kappa shape index (κ2) is 10.4. The molecule has 1 aliphatic rings. The van der Waals surface area contributed by atoms with Crippen LogP contribution in [0, 0.1) is 18.3 Å². The highest BCUT2D eigenvalue weighted by Gasteiger charge is 2.24. The molecule has 0 saturated carbocycles. The average molecular weight is 425 g/mol. The Labute approximate surface area is 183 Å². The summed E-state index contributed by atoms with van der Waals surface area (Å²) in [5.41, 5.74) is 3.51. The van der Waals surface area contributed by atoms with Gasteiger partial charge in [0.05, 0.1) is 18.7 Å². The lowest BCUT2D eigenvalue weighted by molar-refractivity contribution is -0.132. The number of nitrogens with zero attached hydrogens (tertiary/aromatic N) is 2. The van der Waals surface area contributed by atoms with Gasteiger partial charge < -0.3 is 14.4 Å². The lowest BCUT2D eigenvalue weighted by atomic mass is 10.00. The molecule has 0 unspecified atom stereocenters. The average Bonchev–Trinajstić information content (AvgIpc) is 2.77. The Kier molecular flexibility index (Phi) is 7.64. The number of nitriles is 1. The highest BCUT2D eigenvalue weighted by molar-refractivity contribution is 7.98. The molecular weight excluding hydrogens is 396 g/mol. The van der Waals surface area contributed by atoms with Crippen molar-refractivity contribution in [3.05, 3.63) is 47.5 Å². The number of thioether (sulfide) groups is 1. The Hall–Kier alpha value is -2.65. The molecule has 1 aliphatic heterocycles. The van der Waals surface area contributed by atoms with E-state index in [2.05, 4.69) is 12.1 Å². The number of methoxy groups -OCH3 is 1. The Bertz CT molecular complexity index is 931. The van der Waals surface area contributed by atoms with Crippen LogP contribution in [0.5, 0.6) is 11.5 Å². The first-order valence-electron chi connectivity index (χ1n) is 10.2. The van der Waals surface area contributed by atoms with Gasteiger partial charge in [0.1, 0.15) is 17.6 Å². The highest BCUT2D eigenvalue weighted by atomic mass is 32.2. The van der Waals surface area contributed by atoms with Crippen LogP contribution in [-0.2, 0) is 4.79 Å². The molecule has 0 spiro atoms. The van der Waals surface area contributed by atoms with Crippen LogP contribution in [0.4, 0.5) is 0 Å². The summed E-state index contributed by atoms with van der Waals surface area (Å²) >= 11 is 1.70. The predicted molar refractivity (Wildman–Crippen MR) is 121 cm³/mol. The minimum Gasteiger partial charge on any atom is -0.496 e. The second-order valence-electron chi connectivity index (χ2n) is 7.50. The molecule has 0 aliphatic carbocycles. The van der Waals surface area contributed by atoms with Gasteiger partial charge in [0, 0.05) is 43.7 Å². The lowest BCUT2D eigenvalue weighted by Gasteiger charge is -2.32. The summed E-state index contributed by atoms with van der Waals surface area (Å²) in [6, 6.07) is 13.8. The van der Waals surface area contributed by atoms with Crippen LogP contribution in [0.1, 0.15) is 30.4 Å². The smallest absolute Gasteiger partial charge is 0.223 e. The number of aryl methyl sites for hydroxylation is 1. The molecule has 0 atom stereocenters. The number of ether oxygens (including phenoxy) is 2. The maximum Gasteiger partial charge on any atom is 0.223 e. The van der Waals surface area contributed by atoms with Gasteiger partial charge in [0.15, 0.2) is 0 Å². The Morgan fingerprint density at radius 2 is 2.00 bits per heavy atom. The topological polar surface area (TPSA) is 62.6 Å². The number of carbonyl (C=O) groups excluding carboxylic acids is 1. The SMILES string of the molecule is COc1ccc(C)cc1-c1cc(C#N)cc(OC2CCN(C(=O)CCSC)CC2)c1. The quantitative estimate of drug-likeness (QED) is 0.647. The molecule has 0 bridgehead atoms. The van der Waals surface area contributed by atoms with Crippen molar-refractivity contribution >= 4 is 17.7 Å². The third kappa shape index (κ3) is 5.48. The van der Waals surface area contributed by atoms with Crippen LogP contribution in [0.3, 0.4) is 0 Å². The molecule has 1 fully saturated rings. The van der Waals surface area contributed by atoms with Crippen LogP contribution in [0.25, 0.3) is 11.1 Å². The standard InChI is InChI=1S/C24H28N2O3S/c1-17-4-5-23(28-2)22(12-17)19-13-18(16-25)14-21(15-19)29-20-6-9-26(10-7-20)24(27)8-11-30-3/h4-5,12-15,20H,6-11H2,1-3H3. The molecule has 2 aromatic rings. The van der Waals surface area contributed by atoms with Gasteiger partial charge in [-0.2, -0.15) is 17.0 Å². The minimum absolute atomic E-state index is 0.0378. The number of rotatable bonds is 7. The van der Waals surface area contributed by atoms with Crippen molar-refractivity contribution in [2.45, 2.75) is 32.3 Å². The maximum atomic E-state index is 12.2. The molecular formula is C24H28N2O3S. The fourth-order valence-corrected chi connectivity index (χ4v) is 4.08. The number of benzene rings is 2. The first-order chi connectivity index (χ1) is 14.5. The molecule has 3 rings (SSSR count). The van der Waals surface area contributed by atoms with Crippen LogP contribution >= 0.6 is 11.8 Å². The number of piperidine rings is 1. The lowest BCUT2D eigenvalue weighted by Crippen LogP contribution is -2.41. The van der Waals surface area contributed by atoms with E-state index in [0.717, 1.165) is 41.0 Å². The fourth-order valence-electron chi connectivity index (χ4n) is 3.70. The zero-order chi connectivity index (χ0) is 21.5. The molecule has 158 valence electrons. The van der Waals surface area contributed by atoms with Crippen molar-refractivity contribution in [2.24, 2.45) is 0 Å². The molecule has 1 heterocycles. The van der Waals surface area contributed by atoms with Gasteiger partial charge >= 0.3 is 0 Å². The number of likely N-dealkylation sites (tertiary alicyclic amines) is 1. The van der Waals surface area contributed by atoms with E-state index in [0.29, 0.717) is 30.8 Å². The molecule has 1 saturated heterocycles. The monoisotopic (exact) mass is 424 g/mol. The van der Waals surface area contributed by atoms with Crippen molar-refractivity contribution in [2.75, 3.05) is 32.2 Å². The largest absolute Gasteiger partial charge is 0.496 e. The molecule has 0 radical (unpaired) electrons. The third-order valence-electron chi connectivity index (χ3n) is 5.32.